The molecule has 8 heteroatoms. The highest BCUT2D eigenvalue weighted by Crippen LogP contribution is 2.42. The molecule has 0 aromatic heterocycles. The molecule has 2 aromatic rings. The van der Waals surface area contributed by atoms with Gasteiger partial charge in [0, 0.05) is 24.1 Å². The Morgan fingerprint density at radius 3 is 2.44 bits per heavy atom. The number of hydrogen-bond acceptors (Lipinski definition) is 6. The fourth-order valence-corrected chi connectivity index (χ4v) is 4.41. The number of likely N-dealkylation sites (N-methyl/N-ethyl adjacent to an activating group) is 1. The Morgan fingerprint density at radius 2 is 1.78 bits per heavy atom. The van der Waals surface area contributed by atoms with Gasteiger partial charge in [0.25, 0.3) is 5.91 Å². The average molecular weight is 460 g/mol. The van der Waals surface area contributed by atoms with Crippen LogP contribution in [0.15, 0.2) is 42.5 Å². The van der Waals surface area contributed by atoms with Gasteiger partial charge in [0.05, 0.1) is 19.8 Å². The molecule has 1 amide bonds. The Kier molecular flexibility index (Phi) is 7.40. The molecule has 0 spiro atoms. The molecule has 3 rings (SSSR count). The number of esters is 1. The smallest absolute Gasteiger partial charge is 0.338 e. The van der Waals surface area contributed by atoms with Crippen LogP contribution in [0.5, 0.6) is 11.5 Å². The maximum Gasteiger partial charge on any atom is 0.338 e. The van der Waals surface area contributed by atoms with Gasteiger partial charge in [0.15, 0.2) is 23.9 Å². The third-order valence-corrected chi connectivity index (χ3v) is 6.20. The minimum Gasteiger partial charge on any atom is -0.493 e. The third kappa shape index (κ3) is 4.43. The number of ketones is 1. The maximum absolute atomic E-state index is 13.1. The average Bonchev–Trinajstić information content (AvgIpc) is 2.82. The second-order valence-corrected chi connectivity index (χ2v) is 7.98. The molecule has 1 unspecified atom stereocenters. The summed E-state index contributed by atoms with van der Waals surface area (Å²) in [6, 6.07) is 11.6. The number of carbonyl (C=O) groups excluding carboxylic acids is 3. The van der Waals surface area contributed by atoms with E-state index in [1.807, 2.05) is 0 Å². The van der Waals surface area contributed by atoms with Crippen LogP contribution >= 0.6 is 11.6 Å². The van der Waals surface area contributed by atoms with E-state index >= 15 is 0 Å². The van der Waals surface area contributed by atoms with Crippen LogP contribution in [0.4, 0.5) is 0 Å². The van der Waals surface area contributed by atoms with E-state index in [1.54, 1.807) is 37.4 Å². The standard InChI is InChI=1S/C24H26ClNO6/c1-26(24(13-7-6-10-21(24)27)17-8-4-5-9-18(17)25)22(28)15-32-23(29)16-11-12-19(30-2)20(14-16)31-3/h4-5,8-9,11-12,14H,6-7,10,13,15H2,1-3H3. The predicted molar refractivity (Wildman–Crippen MR) is 119 cm³/mol. The van der Waals surface area contributed by atoms with Crippen LogP contribution in [0.2, 0.25) is 5.02 Å². The van der Waals surface area contributed by atoms with Gasteiger partial charge in [-0.05, 0) is 43.5 Å². The first-order valence-corrected chi connectivity index (χ1v) is 10.7. The van der Waals surface area contributed by atoms with E-state index in [-0.39, 0.29) is 11.3 Å². The summed E-state index contributed by atoms with van der Waals surface area (Å²) in [5.41, 5.74) is -0.371. The van der Waals surface area contributed by atoms with Crippen LogP contribution in [0.1, 0.15) is 41.6 Å². The first kappa shape index (κ1) is 23.6. The number of halogens is 1. The number of ether oxygens (including phenoxy) is 3. The van der Waals surface area contributed by atoms with Gasteiger partial charge >= 0.3 is 5.97 Å². The number of methoxy groups -OCH3 is 2. The Labute approximate surface area is 192 Å². The molecule has 0 N–H and O–H groups in total. The van der Waals surface area contributed by atoms with Crippen molar-refractivity contribution in [3.8, 4) is 11.5 Å². The Balaban J connectivity index is 1.79. The minimum absolute atomic E-state index is 0.0704. The number of nitrogens with zero attached hydrogens (tertiary/aromatic N) is 1. The quantitative estimate of drug-likeness (QED) is 0.582. The second-order valence-electron chi connectivity index (χ2n) is 7.57. The molecule has 1 aliphatic carbocycles. The van der Waals surface area contributed by atoms with Gasteiger partial charge in [-0.25, -0.2) is 4.79 Å². The van der Waals surface area contributed by atoms with E-state index < -0.39 is 24.0 Å². The first-order valence-electron chi connectivity index (χ1n) is 10.3. The molecule has 32 heavy (non-hydrogen) atoms. The Morgan fingerprint density at radius 1 is 1.06 bits per heavy atom. The SMILES string of the molecule is COc1ccc(C(=O)OCC(=O)N(C)C2(c3ccccc3Cl)CCCCC2=O)cc1OC. The summed E-state index contributed by atoms with van der Waals surface area (Å²) in [5, 5.41) is 0.421. The van der Waals surface area contributed by atoms with Crippen molar-refractivity contribution in [3.63, 3.8) is 0 Å². The van der Waals surface area contributed by atoms with Crippen LogP contribution in [-0.4, -0.2) is 50.4 Å². The second kappa shape index (κ2) is 10.0. The number of benzene rings is 2. The van der Waals surface area contributed by atoms with E-state index in [1.165, 1.54) is 31.3 Å². The fourth-order valence-electron chi connectivity index (χ4n) is 4.11. The van der Waals surface area contributed by atoms with E-state index in [0.29, 0.717) is 34.9 Å². The highest BCUT2D eigenvalue weighted by atomic mass is 35.5. The highest BCUT2D eigenvalue weighted by Gasteiger charge is 2.48. The van der Waals surface area contributed by atoms with Crippen molar-refractivity contribution in [2.45, 2.75) is 31.2 Å². The number of rotatable bonds is 7. The number of Topliss-reactive ketones (excluding diaryl/α,β-unsaturated/α-hetero) is 1. The fraction of sp³-hybridized carbons (Fsp3) is 0.375. The van der Waals surface area contributed by atoms with Crippen LogP contribution in [-0.2, 0) is 19.9 Å². The first-order chi connectivity index (χ1) is 15.3. The molecule has 1 atom stereocenters. The van der Waals surface area contributed by atoms with Gasteiger partial charge in [-0.1, -0.05) is 29.8 Å². The lowest BCUT2D eigenvalue weighted by Gasteiger charge is -2.43. The molecule has 1 saturated carbocycles. The summed E-state index contributed by atoms with van der Waals surface area (Å²) >= 11 is 6.42. The zero-order valence-corrected chi connectivity index (χ0v) is 19.1. The lowest BCUT2D eigenvalue weighted by Crippen LogP contribution is -2.55. The molecular weight excluding hydrogens is 434 g/mol. The topological polar surface area (TPSA) is 82.1 Å². The van der Waals surface area contributed by atoms with Gasteiger partial charge in [0.2, 0.25) is 0 Å². The predicted octanol–water partition coefficient (Wildman–Crippen LogP) is 4.01. The molecule has 1 fully saturated rings. The number of hydrogen-bond donors (Lipinski definition) is 0. The molecule has 0 aliphatic heterocycles. The van der Waals surface area contributed by atoms with Gasteiger partial charge in [-0.3, -0.25) is 9.59 Å². The van der Waals surface area contributed by atoms with Crippen molar-refractivity contribution in [1.82, 2.24) is 4.90 Å². The molecule has 1 aliphatic rings. The van der Waals surface area contributed by atoms with Crippen LogP contribution in [0.25, 0.3) is 0 Å². The van der Waals surface area contributed by atoms with Crippen LogP contribution in [0, 0.1) is 0 Å². The van der Waals surface area contributed by atoms with Crippen molar-refractivity contribution < 1.29 is 28.6 Å². The summed E-state index contributed by atoms with van der Waals surface area (Å²) < 4.78 is 15.6. The molecule has 7 nitrogen and oxygen atoms in total. The van der Waals surface area contributed by atoms with Crippen molar-refractivity contribution in [2.24, 2.45) is 0 Å². The lowest BCUT2D eigenvalue weighted by atomic mass is 9.74. The summed E-state index contributed by atoms with van der Waals surface area (Å²) in [7, 11) is 4.51. The summed E-state index contributed by atoms with van der Waals surface area (Å²) in [6.45, 7) is -0.511. The molecule has 0 heterocycles. The van der Waals surface area contributed by atoms with Gasteiger partial charge in [-0.15, -0.1) is 0 Å². The number of carbonyl (C=O) groups is 3. The molecule has 170 valence electrons. The number of amides is 1. The summed E-state index contributed by atoms with van der Waals surface area (Å²) in [5.74, 6) is -0.407. The van der Waals surface area contributed by atoms with Crippen molar-refractivity contribution in [2.75, 3.05) is 27.9 Å². The molecule has 2 aromatic carbocycles. The Bertz CT molecular complexity index is 1020. The molecule has 0 saturated heterocycles. The van der Waals surface area contributed by atoms with Crippen molar-refractivity contribution in [1.29, 1.82) is 0 Å². The van der Waals surface area contributed by atoms with E-state index in [4.69, 9.17) is 25.8 Å². The summed E-state index contributed by atoms with van der Waals surface area (Å²) in [4.78, 5) is 40.0. The van der Waals surface area contributed by atoms with E-state index in [9.17, 15) is 14.4 Å². The highest BCUT2D eigenvalue weighted by molar-refractivity contribution is 6.31. The van der Waals surface area contributed by atoms with Gasteiger partial charge in [0.1, 0.15) is 5.54 Å². The van der Waals surface area contributed by atoms with Crippen LogP contribution < -0.4 is 9.47 Å². The summed E-state index contributed by atoms with van der Waals surface area (Å²) in [6.07, 6.45) is 2.36. The lowest BCUT2D eigenvalue weighted by molar-refractivity contribution is -0.150. The molecular formula is C24H26ClNO6. The van der Waals surface area contributed by atoms with Gasteiger partial charge in [-0.2, -0.15) is 0 Å². The molecule has 0 bridgehead atoms. The third-order valence-electron chi connectivity index (χ3n) is 5.87. The van der Waals surface area contributed by atoms with E-state index in [0.717, 1.165) is 12.8 Å². The van der Waals surface area contributed by atoms with Gasteiger partial charge < -0.3 is 19.1 Å². The van der Waals surface area contributed by atoms with E-state index in [2.05, 4.69) is 0 Å². The zero-order chi connectivity index (χ0) is 23.3. The normalized spacial score (nSPS) is 18.1. The largest absolute Gasteiger partial charge is 0.493 e. The monoisotopic (exact) mass is 459 g/mol. The molecule has 0 radical (unpaired) electrons. The van der Waals surface area contributed by atoms with Crippen molar-refractivity contribution >= 4 is 29.3 Å². The Hall–Kier alpha value is -3.06. The maximum atomic E-state index is 13.1. The van der Waals surface area contributed by atoms with Crippen molar-refractivity contribution in [3.05, 3.63) is 58.6 Å². The van der Waals surface area contributed by atoms with Crippen LogP contribution in [0.3, 0.4) is 0 Å². The minimum atomic E-state index is -1.18. The zero-order valence-electron chi connectivity index (χ0n) is 18.4.